The largest absolute Gasteiger partial charge is 0.493 e. The van der Waals surface area contributed by atoms with Gasteiger partial charge in [-0.15, -0.1) is 0 Å². The number of pyridine rings is 1. The van der Waals surface area contributed by atoms with Gasteiger partial charge in [0.15, 0.2) is 11.5 Å². The van der Waals surface area contributed by atoms with Crippen molar-refractivity contribution in [2.75, 3.05) is 14.2 Å². The number of hydrogen-bond donors (Lipinski definition) is 0. The van der Waals surface area contributed by atoms with Crippen LogP contribution in [0.5, 0.6) is 11.5 Å². The van der Waals surface area contributed by atoms with Crippen LogP contribution in [0.25, 0.3) is 27.5 Å². The molecule has 0 atom stereocenters. The molecule has 0 unspecified atom stereocenters. The Morgan fingerprint density at radius 1 is 0.962 bits per heavy atom. The summed E-state index contributed by atoms with van der Waals surface area (Å²) in [6.45, 7) is 4.29. The number of rotatable bonds is 4. The zero-order chi connectivity index (χ0) is 18.3. The van der Waals surface area contributed by atoms with Crippen LogP contribution in [0.1, 0.15) is 18.1 Å². The number of benzene rings is 2. The van der Waals surface area contributed by atoms with Crippen LogP contribution in [-0.4, -0.2) is 23.8 Å². The lowest BCUT2D eigenvalue weighted by molar-refractivity contribution is 0.356. The minimum absolute atomic E-state index is 0.689. The fourth-order valence-electron chi connectivity index (χ4n) is 3.48. The van der Waals surface area contributed by atoms with Crippen LogP contribution < -0.4 is 9.47 Å². The summed E-state index contributed by atoms with van der Waals surface area (Å²) >= 11 is 0. The van der Waals surface area contributed by atoms with Crippen LogP contribution in [0.2, 0.25) is 0 Å². The van der Waals surface area contributed by atoms with E-state index in [4.69, 9.17) is 9.47 Å². The van der Waals surface area contributed by atoms with Gasteiger partial charge in [-0.25, -0.2) is 0 Å². The SMILES string of the molecule is CCc1ccc(-n2cc(C)c3cnc4cc(OC)c(OC)cc4c32)cc1. The molecule has 26 heavy (non-hydrogen) atoms. The Bertz CT molecular complexity index is 1090. The molecule has 0 amide bonds. The first-order chi connectivity index (χ1) is 12.7. The van der Waals surface area contributed by atoms with E-state index in [9.17, 15) is 0 Å². The van der Waals surface area contributed by atoms with E-state index in [1.807, 2.05) is 18.3 Å². The first kappa shape index (κ1) is 16.5. The van der Waals surface area contributed by atoms with Crippen molar-refractivity contribution in [3.63, 3.8) is 0 Å². The van der Waals surface area contributed by atoms with Crippen molar-refractivity contribution < 1.29 is 9.47 Å². The molecule has 0 saturated carbocycles. The van der Waals surface area contributed by atoms with Gasteiger partial charge in [-0.3, -0.25) is 4.98 Å². The number of aryl methyl sites for hydroxylation is 2. The average Bonchev–Trinajstić information content (AvgIpc) is 3.03. The zero-order valence-electron chi connectivity index (χ0n) is 15.5. The molecule has 4 heteroatoms. The second-order valence-electron chi connectivity index (χ2n) is 6.45. The Hall–Kier alpha value is -3.01. The molecule has 2 heterocycles. The van der Waals surface area contributed by atoms with E-state index in [-0.39, 0.29) is 0 Å². The van der Waals surface area contributed by atoms with Gasteiger partial charge in [-0.1, -0.05) is 19.1 Å². The normalized spacial score (nSPS) is 11.2. The minimum atomic E-state index is 0.689. The maximum absolute atomic E-state index is 5.51. The van der Waals surface area contributed by atoms with Crippen LogP contribution in [-0.2, 0) is 6.42 Å². The molecule has 0 spiro atoms. The first-order valence-corrected chi connectivity index (χ1v) is 8.78. The first-order valence-electron chi connectivity index (χ1n) is 8.78. The van der Waals surface area contributed by atoms with Crippen molar-refractivity contribution in [3.8, 4) is 17.2 Å². The van der Waals surface area contributed by atoms with Crippen molar-refractivity contribution >= 4 is 21.8 Å². The van der Waals surface area contributed by atoms with Crippen LogP contribution >= 0.6 is 0 Å². The molecule has 0 fully saturated rings. The molecule has 0 aliphatic heterocycles. The van der Waals surface area contributed by atoms with E-state index in [1.165, 1.54) is 11.1 Å². The highest BCUT2D eigenvalue weighted by atomic mass is 16.5. The fourth-order valence-corrected chi connectivity index (χ4v) is 3.48. The number of nitrogens with zero attached hydrogens (tertiary/aromatic N) is 2. The summed E-state index contributed by atoms with van der Waals surface area (Å²) in [5.41, 5.74) is 5.70. The van der Waals surface area contributed by atoms with Gasteiger partial charge in [0.1, 0.15) is 0 Å². The van der Waals surface area contributed by atoms with Gasteiger partial charge in [0.2, 0.25) is 0 Å². The summed E-state index contributed by atoms with van der Waals surface area (Å²) in [7, 11) is 3.30. The Labute approximate surface area is 153 Å². The van der Waals surface area contributed by atoms with Crippen molar-refractivity contribution in [3.05, 3.63) is 59.9 Å². The molecular weight excluding hydrogens is 324 g/mol. The molecule has 0 aliphatic carbocycles. The Morgan fingerprint density at radius 2 is 1.65 bits per heavy atom. The number of methoxy groups -OCH3 is 2. The second-order valence-corrected chi connectivity index (χ2v) is 6.45. The predicted molar refractivity (Wildman–Crippen MR) is 106 cm³/mol. The molecule has 0 saturated heterocycles. The summed E-state index contributed by atoms with van der Waals surface area (Å²) in [6, 6.07) is 12.7. The van der Waals surface area contributed by atoms with E-state index in [0.717, 1.165) is 33.9 Å². The third-order valence-electron chi connectivity index (χ3n) is 4.96. The van der Waals surface area contributed by atoms with Gasteiger partial charge in [0.05, 0.1) is 25.3 Å². The highest BCUT2D eigenvalue weighted by Gasteiger charge is 2.15. The highest BCUT2D eigenvalue weighted by Crippen LogP contribution is 2.36. The molecular formula is C22H22N2O2. The van der Waals surface area contributed by atoms with Gasteiger partial charge in [-0.2, -0.15) is 0 Å². The maximum Gasteiger partial charge on any atom is 0.162 e. The molecule has 132 valence electrons. The zero-order valence-corrected chi connectivity index (χ0v) is 15.5. The maximum atomic E-state index is 5.51. The Morgan fingerprint density at radius 3 is 2.31 bits per heavy atom. The molecule has 0 radical (unpaired) electrons. The van der Waals surface area contributed by atoms with Crippen LogP contribution in [0.3, 0.4) is 0 Å². The fraction of sp³-hybridized carbons (Fsp3) is 0.227. The summed E-state index contributed by atoms with van der Waals surface area (Å²) in [6.07, 6.45) is 5.15. The third-order valence-corrected chi connectivity index (χ3v) is 4.96. The lowest BCUT2D eigenvalue weighted by Crippen LogP contribution is -1.96. The molecule has 0 N–H and O–H groups in total. The van der Waals surface area contributed by atoms with Gasteiger partial charge in [-0.05, 0) is 42.7 Å². The third kappa shape index (κ3) is 2.49. The molecule has 4 aromatic rings. The number of aromatic nitrogens is 2. The molecule has 2 aromatic heterocycles. The van der Waals surface area contributed by atoms with E-state index in [0.29, 0.717) is 11.5 Å². The van der Waals surface area contributed by atoms with Crippen molar-refractivity contribution in [1.82, 2.24) is 9.55 Å². The Kier molecular flexibility index (Phi) is 4.03. The second kappa shape index (κ2) is 6.37. The molecule has 0 aliphatic rings. The molecule has 4 nitrogen and oxygen atoms in total. The summed E-state index contributed by atoms with van der Waals surface area (Å²) in [5.74, 6) is 1.40. The van der Waals surface area contributed by atoms with Crippen LogP contribution in [0.15, 0.2) is 48.8 Å². The summed E-state index contributed by atoms with van der Waals surface area (Å²) in [5, 5.41) is 2.19. The molecule has 0 bridgehead atoms. The van der Waals surface area contributed by atoms with E-state index in [2.05, 4.69) is 53.9 Å². The number of ether oxygens (including phenoxy) is 2. The van der Waals surface area contributed by atoms with Gasteiger partial charge in [0, 0.05) is 34.9 Å². The summed E-state index contributed by atoms with van der Waals surface area (Å²) < 4.78 is 13.2. The minimum Gasteiger partial charge on any atom is -0.493 e. The van der Waals surface area contributed by atoms with Gasteiger partial charge < -0.3 is 14.0 Å². The number of fused-ring (bicyclic) bond motifs is 3. The van der Waals surface area contributed by atoms with Crippen LogP contribution in [0.4, 0.5) is 0 Å². The topological polar surface area (TPSA) is 36.3 Å². The smallest absolute Gasteiger partial charge is 0.162 e. The quantitative estimate of drug-likeness (QED) is 0.518. The number of hydrogen-bond acceptors (Lipinski definition) is 3. The average molecular weight is 346 g/mol. The van der Waals surface area contributed by atoms with Crippen molar-refractivity contribution in [2.24, 2.45) is 0 Å². The van der Waals surface area contributed by atoms with Crippen molar-refractivity contribution in [1.29, 1.82) is 0 Å². The lowest BCUT2D eigenvalue weighted by Gasteiger charge is -2.12. The van der Waals surface area contributed by atoms with E-state index < -0.39 is 0 Å². The van der Waals surface area contributed by atoms with Gasteiger partial charge in [0.25, 0.3) is 0 Å². The standard InChI is InChI=1S/C22H22N2O2/c1-5-15-6-8-16(9-7-15)24-13-14(2)18-12-23-19-11-21(26-4)20(25-3)10-17(19)22(18)24/h6-13H,5H2,1-4H3. The van der Waals surface area contributed by atoms with E-state index in [1.54, 1.807) is 14.2 Å². The summed E-state index contributed by atoms with van der Waals surface area (Å²) in [4.78, 5) is 4.64. The monoisotopic (exact) mass is 346 g/mol. The lowest BCUT2D eigenvalue weighted by atomic mass is 10.1. The molecule has 2 aromatic carbocycles. The van der Waals surface area contributed by atoms with Crippen molar-refractivity contribution in [2.45, 2.75) is 20.3 Å². The Balaban J connectivity index is 2.05. The van der Waals surface area contributed by atoms with Crippen LogP contribution in [0, 0.1) is 6.92 Å². The van der Waals surface area contributed by atoms with Gasteiger partial charge >= 0.3 is 0 Å². The highest BCUT2D eigenvalue weighted by molar-refractivity contribution is 6.06. The van der Waals surface area contributed by atoms with E-state index >= 15 is 0 Å². The molecule has 4 rings (SSSR count). The predicted octanol–water partition coefficient (Wildman–Crippen LogP) is 5.07.